The Labute approximate surface area is 307 Å². The van der Waals surface area contributed by atoms with E-state index in [-0.39, 0.29) is 11.0 Å². The van der Waals surface area contributed by atoms with Gasteiger partial charge in [-0.05, 0) is 149 Å². The van der Waals surface area contributed by atoms with Crippen molar-refractivity contribution in [1.82, 2.24) is 15.2 Å². The van der Waals surface area contributed by atoms with Crippen molar-refractivity contribution < 1.29 is 19.0 Å². The van der Waals surface area contributed by atoms with Crippen molar-refractivity contribution in [2.24, 2.45) is 51.2 Å². The third-order valence-corrected chi connectivity index (χ3v) is 19.3. The van der Waals surface area contributed by atoms with E-state index >= 15 is 0 Å². The average molecular weight is 731 g/mol. The van der Waals surface area contributed by atoms with E-state index in [0.717, 1.165) is 63.2 Å². The summed E-state index contributed by atoms with van der Waals surface area (Å²) in [7, 11) is -2.33. The molecule has 0 spiro atoms. The summed E-state index contributed by atoms with van der Waals surface area (Å²) in [6.45, 7) is 25.6. The molecule has 1 aromatic rings. The lowest BCUT2D eigenvalue weighted by Gasteiger charge is -2.73. The van der Waals surface area contributed by atoms with E-state index in [1.54, 1.807) is 6.20 Å². The van der Waals surface area contributed by atoms with E-state index in [0.29, 0.717) is 56.3 Å². The first-order chi connectivity index (χ1) is 23.5. The average Bonchev–Trinajstić information content (AvgIpc) is 3.68. The Balaban J connectivity index is 1.07. The van der Waals surface area contributed by atoms with Crippen molar-refractivity contribution in [3.63, 3.8) is 0 Å². The van der Waals surface area contributed by atoms with Gasteiger partial charge in [0.2, 0.25) is 0 Å². The fourth-order valence-corrected chi connectivity index (χ4v) is 16.1. The zero-order valence-electron chi connectivity index (χ0n) is 31.8. The second kappa shape index (κ2) is 13.0. The number of aromatic carboxylic acids is 1. The lowest BCUT2D eigenvalue weighted by Crippen LogP contribution is -2.70. The lowest BCUT2D eigenvalue weighted by atomic mass is 9.33. The van der Waals surface area contributed by atoms with E-state index in [2.05, 4.69) is 68.2 Å². The van der Waals surface area contributed by atoms with Crippen molar-refractivity contribution in [3.05, 3.63) is 23.2 Å². The van der Waals surface area contributed by atoms with Gasteiger partial charge in [0.15, 0.2) is 5.13 Å². The molecule has 0 amide bonds. The molecule has 7 rings (SSSR count). The second-order valence-electron chi connectivity index (χ2n) is 19.0. The van der Waals surface area contributed by atoms with Crippen LogP contribution in [0.25, 0.3) is 0 Å². The summed E-state index contributed by atoms with van der Waals surface area (Å²) in [6, 6.07) is 0. The largest absolute Gasteiger partial charge is 0.477 e. The van der Waals surface area contributed by atoms with Crippen molar-refractivity contribution in [1.29, 1.82) is 0 Å². The number of carboxylic acid groups (broad SMARTS) is 1. The maximum atomic E-state index is 11.7. The molecule has 50 heavy (non-hydrogen) atoms. The number of piperidine rings is 1. The number of rotatable bonds is 9. The molecule has 2 saturated heterocycles. The molecule has 8 nitrogen and oxygen atoms in total. The first-order valence-electron chi connectivity index (χ1n) is 19.8. The number of nitrogens with zero attached hydrogens (tertiary/aromatic N) is 3. The van der Waals surface area contributed by atoms with E-state index < -0.39 is 16.6 Å². The van der Waals surface area contributed by atoms with Gasteiger partial charge < -0.3 is 20.2 Å². The maximum absolute atomic E-state index is 11.7. The Morgan fingerprint density at radius 2 is 1.72 bits per heavy atom. The normalized spacial score (nSPS) is 42.9. The number of thiazole rings is 1. The zero-order valence-corrected chi connectivity index (χ0v) is 33.4. The fourth-order valence-electron chi connectivity index (χ4n) is 13.9. The molecule has 0 unspecified atom stereocenters. The summed E-state index contributed by atoms with van der Waals surface area (Å²) < 4.78 is 20.0. The molecular formula is C40H66N4O4S2. The van der Waals surface area contributed by atoms with Gasteiger partial charge in [-0.2, -0.15) is 10.6 Å². The molecule has 0 radical (unpaired) electrons. The van der Waals surface area contributed by atoms with Crippen LogP contribution in [0.4, 0.5) is 5.13 Å². The van der Waals surface area contributed by atoms with Crippen molar-refractivity contribution in [3.8, 4) is 0 Å². The molecule has 2 aliphatic heterocycles. The monoisotopic (exact) mass is 730 g/mol. The fraction of sp³-hybridized carbons (Fsp3) is 0.850. The molecule has 4 N–H and O–H groups in total. The molecule has 282 valence electrons. The second-order valence-corrected chi connectivity index (χ2v) is 22.4. The predicted molar refractivity (Wildman–Crippen MR) is 208 cm³/mol. The Bertz CT molecular complexity index is 1460. The minimum absolute atomic E-state index is 0.0825. The van der Waals surface area contributed by atoms with Crippen LogP contribution >= 0.6 is 21.9 Å². The minimum atomic E-state index is -2.33. The molecule has 6 fully saturated rings. The lowest BCUT2D eigenvalue weighted by molar-refractivity contribution is -0.227. The molecule has 4 aliphatic carbocycles. The highest BCUT2D eigenvalue weighted by molar-refractivity contribution is 8.24. The number of carbonyl (C=O) groups is 1. The number of hydrogen-bond donors (Lipinski definition) is 4. The van der Waals surface area contributed by atoms with Crippen LogP contribution in [0.3, 0.4) is 0 Å². The Hall–Kier alpha value is -1.17. The summed E-state index contributed by atoms with van der Waals surface area (Å²) in [5, 5.41) is 14.5. The van der Waals surface area contributed by atoms with Gasteiger partial charge in [-0.15, -0.1) is 0 Å². The standard InChI is InChI=1S/C40H66N4O4S2/c1-27(2)28-11-14-40(26-41-18-8-19-43-21-23-50(47,48)24-22-43)16-15-38(6)29(33(28)40)9-10-32-37(5)17-20-44(35-42-25-30(49-35)34(45)46)36(3,4)31(37)12-13-39(32,38)7/h25,28-29,31-33,41,47-48H,1,8-24,26H2,2-7H3,(H,45,46)/t28-,29+,31-,32+,33+,37-,38+,39+,40+/m0/s1. The van der Waals surface area contributed by atoms with Gasteiger partial charge in [0.1, 0.15) is 4.88 Å². The van der Waals surface area contributed by atoms with E-state index in [1.807, 2.05) is 0 Å². The Morgan fingerprint density at radius 1 is 0.980 bits per heavy atom. The molecule has 3 heterocycles. The summed E-state index contributed by atoms with van der Waals surface area (Å²) in [5.41, 5.74) is 2.54. The molecule has 4 saturated carbocycles. The summed E-state index contributed by atoms with van der Waals surface area (Å²) >= 11 is 1.33. The molecule has 1 aromatic heterocycles. The first kappa shape index (κ1) is 37.2. The topological polar surface area (TPSA) is 109 Å². The van der Waals surface area contributed by atoms with Crippen LogP contribution in [0.5, 0.6) is 0 Å². The summed E-state index contributed by atoms with van der Waals surface area (Å²) in [5.74, 6) is 3.48. The number of hydrogen-bond acceptors (Lipinski definition) is 8. The third kappa shape index (κ3) is 5.84. The maximum Gasteiger partial charge on any atom is 0.347 e. The smallest absolute Gasteiger partial charge is 0.347 e. The van der Waals surface area contributed by atoms with Gasteiger partial charge in [-0.1, -0.05) is 44.3 Å². The van der Waals surface area contributed by atoms with Gasteiger partial charge in [0.25, 0.3) is 0 Å². The van der Waals surface area contributed by atoms with Crippen LogP contribution in [0.1, 0.15) is 115 Å². The predicted octanol–water partition coefficient (Wildman–Crippen LogP) is 8.71. The molecule has 9 atom stereocenters. The Morgan fingerprint density at radius 3 is 2.40 bits per heavy atom. The van der Waals surface area contributed by atoms with Crippen molar-refractivity contribution in [2.75, 3.05) is 55.7 Å². The molecule has 0 aromatic carbocycles. The van der Waals surface area contributed by atoms with Crippen LogP contribution < -0.4 is 10.2 Å². The van der Waals surface area contributed by atoms with E-state index in [9.17, 15) is 19.0 Å². The van der Waals surface area contributed by atoms with Crippen molar-refractivity contribution in [2.45, 2.75) is 111 Å². The van der Waals surface area contributed by atoms with Crippen LogP contribution in [0.2, 0.25) is 0 Å². The van der Waals surface area contributed by atoms with E-state index in [4.69, 9.17) is 0 Å². The summed E-state index contributed by atoms with van der Waals surface area (Å²) in [6.07, 6.45) is 14.2. The van der Waals surface area contributed by atoms with Gasteiger partial charge in [0.05, 0.1) is 17.7 Å². The molecule has 10 heteroatoms. The van der Waals surface area contributed by atoms with Gasteiger partial charge in [-0.25, -0.2) is 9.78 Å². The minimum Gasteiger partial charge on any atom is -0.477 e. The third-order valence-electron chi connectivity index (χ3n) is 16.6. The van der Waals surface area contributed by atoms with Crippen LogP contribution in [-0.4, -0.2) is 86.4 Å². The number of aromatic nitrogens is 1. The Kier molecular flexibility index (Phi) is 9.66. The number of anilines is 1. The first-order valence-corrected chi connectivity index (χ1v) is 22.5. The van der Waals surface area contributed by atoms with Crippen LogP contribution in [0, 0.1) is 51.2 Å². The molecule has 6 aliphatic rings. The highest BCUT2D eigenvalue weighted by Gasteiger charge is 2.70. The van der Waals surface area contributed by atoms with Crippen LogP contribution in [0.15, 0.2) is 18.3 Å². The molecule has 0 bridgehead atoms. The quantitative estimate of drug-likeness (QED) is 0.148. The summed E-state index contributed by atoms with van der Waals surface area (Å²) in [4.78, 5) is 21.5. The van der Waals surface area contributed by atoms with Gasteiger partial charge in [0, 0.05) is 31.7 Å². The number of nitrogens with one attached hydrogen (secondary N) is 1. The van der Waals surface area contributed by atoms with Crippen molar-refractivity contribution >= 4 is 33.0 Å². The van der Waals surface area contributed by atoms with Gasteiger partial charge >= 0.3 is 5.97 Å². The van der Waals surface area contributed by atoms with Crippen LogP contribution in [-0.2, 0) is 0 Å². The number of allylic oxidation sites excluding steroid dienone is 1. The van der Waals surface area contributed by atoms with Gasteiger partial charge in [-0.3, -0.25) is 9.11 Å². The highest BCUT2D eigenvalue weighted by Crippen LogP contribution is 2.77. The molecular weight excluding hydrogens is 665 g/mol. The number of carboxylic acids is 1. The SMILES string of the molecule is C=C(C)[C@@H]1CC[C@]2(CNCCCN3CCS(O)(O)CC3)CC[C@]3(C)[C@H](CC[C@@H]4[C@@]5(C)CCN(c6ncc(C(=O)O)s6)C(C)(C)[C@@H]5CC[C@]43C)[C@@H]12. The highest BCUT2D eigenvalue weighted by atomic mass is 32.3. The van der Waals surface area contributed by atoms with E-state index in [1.165, 1.54) is 68.3 Å². The zero-order chi connectivity index (χ0) is 35.9. The number of fused-ring (bicyclic) bond motifs is 7.